The van der Waals surface area contributed by atoms with Crippen molar-refractivity contribution in [3.05, 3.63) is 28.8 Å². The Hall–Kier alpha value is -1.06. The smallest absolute Gasteiger partial charge is 0.238 e. The molecule has 0 aromatic heterocycles. The number of benzene rings is 1. The molecule has 0 unspecified atom stereocenters. The summed E-state index contributed by atoms with van der Waals surface area (Å²) in [6.07, 6.45) is 5.56. The van der Waals surface area contributed by atoms with Crippen LogP contribution in [-0.2, 0) is 4.79 Å². The van der Waals surface area contributed by atoms with Gasteiger partial charge >= 0.3 is 0 Å². The minimum Gasteiger partial charge on any atom is -0.325 e. The van der Waals surface area contributed by atoms with Crippen molar-refractivity contribution < 1.29 is 4.79 Å². The van der Waals surface area contributed by atoms with Crippen molar-refractivity contribution in [3.8, 4) is 0 Å². The zero-order chi connectivity index (χ0) is 15.7. The van der Waals surface area contributed by atoms with Crippen molar-refractivity contribution in [1.82, 2.24) is 5.32 Å². The molecule has 0 aliphatic heterocycles. The van der Waals surface area contributed by atoms with Gasteiger partial charge in [0.15, 0.2) is 0 Å². The fourth-order valence-corrected chi connectivity index (χ4v) is 4.50. The first-order valence-corrected chi connectivity index (χ1v) is 8.70. The van der Waals surface area contributed by atoms with Crippen LogP contribution in [0, 0.1) is 24.7 Å². The normalized spacial score (nSPS) is 27.9. The maximum Gasteiger partial charge on any atom is 0.238 e. The lowest BCUT2D eigenvalue weighted by atomic mass is 9.84. The van der Waals surface area contributed by atoms with Gasteiger partial charge in [-0.2, -0.15) is 0 Å². The summed E-state index contributed by atoms with van der Waals surface area (Å²) < 4.78 is 0. The Balaban J connectivity index is 1.48. The molecule has 3 nitrogen and oxygen atoms in total. The first kappa shape index (κ1) is 15.8. The van der Waals surface area contributed by atoms with E-state index < -0.39 is 0 Å². The molecule has 1 aromatic carbocycles. The summed E-state index contributed by atoms with van der Waals surface area (Å²) in [6.45, 7) is 4.55. The van der Waals surface area contributed by atoms with Gasteiger partial charge in [0.1, 0.15) is 0 Å². The van der Waals surface area contributed by atoms with E-state index >= 15 is 0 Å². The first-order valence-electron chi connectivity index (χ1n) is 8.32. The zero-order valence-corrected chi connectivity index (χ0v) is 14.1. The predicted molar refractivity (Wildman–Crippen MR) is 91.2 cm³/mol. The second-order valence-corrected chi connectivity index (χ2v) is 7.45. The maximum atomic E-state index is 12.1. The number of rotatable bonds is 5. The summed E-state index contributed by atoms with van der Waals surface area (Å²) in [5.74, 6) is 2.60. The number of fused-ring (bicyclic) bond motifs is 2. The van der Waals surface area contributed by atoms with Crippen LogP contribution in [0.3, 0.4) is 0 Å². The largest absolute Gasteiger partial charge is 0.325 e. The van der Waals surface area contributed by atoms with E-state index in [1.807, 2.05) is 19.1 Å². The van der Waals surface area contributed by atoms with E-state index in [-0.39, 0.29) is 5.91 Å². The number of anilines is 1. The zero-order valence-electron chi connectivity index (χ0n) is 13.4. The van der Waals surface area contributed by atoms with E-state index in [0.717, 1.165) is 29.0 Å². The van der Waals surface area contributed by atoms with Crippen molar-refractivity contribution in [2.24, 2.45) is 17.8 Å². The van der Waals surface area contributed by atoms with E-state index in [1.54, 1.807) is 6.07 Å². The van der Waals surface area contributed by atoms with Gasteiger partial charge in [-0.1, -0.05) is 18.0 Å². The van der Waals surface area contributed by atoms with Crippen molar-refractivity contribution in [1.29, 1.82) is 0 Å². The van der Waals surface area contributed by atoms with Crippen molar-refractivity contribution in [2.75, 3.05) is 11.9 Å². The van der Waals surface area contributed by atoms with Gasteiger partial charge in [-0.3, -0.25) is 4.79 Å². The Labute approximate surface area is 137 Å². The van der Waals surface area contributed by atoms with Gasteiger partial charge in [0.05, 0.1) is 6.54 Å². The minimum absolute atomic E-state index is 0.0143. The highest BCUT2D eigenvalue weighted by Gasteiger charge is 2.41. The van der Waals surface area contributed by atoms with Gasteiger partial charge in [0.2, 0.25) is 5.91 Å². The highest BCUT2D eigenvalue weighted by Crippen LogP contribution is 2.49. The minimum atomic E-state index is 0.0143. The van der Waals surface area contributed by atoms with E-state index in [2.05, 4.69) is 17.6 Å². The second kappa shape index (κ2) is 6.59. The molecule has 0 radical (unpaired) electrons. The number of aryl methyl sites for hydroxylation is 1. The molecule has 2 bridgehead atoms. The summed E-state index contributed by atoms with van der Waals surface area (Å²) in [5.41, 5.74) is 1.82. The van der Waals surface area contributed by atoms with Gasteiger partial charge < -0.3 is 10.6 Å². The van der Waals surface area contributed by atoms with Crippen LogP contribution in [-0.4, -0.2) is 18.5 Å². The summed E-state index contributed by atoms with van der Waals surface area (Å²) in [7, 11) is 0. The summed E-state index contributed by atoms with van der Waals surface area (Å²) in [6, 6.07) is 5.94. The summed E-state index contributed by atoms with van der Waals surface area (Å²) in [5, 5.41) is 7.07. The third-order valence-corrected chi connectivity index (χ3v) is 5.72. The van der Waals surface area contributed by atoms with Gasteiger partial charge in [0.25, 0.3) is 0 Å². The Morgan fingerprint density at radius 3 is 2.82 bits per heavy atom. The Morgan fingerprint density at radius 2 is 2.18 bits per heavy atom. The lowest BCUT2D eigenvalue weighted by Crippen LogP contribution is -2.40. The Kier molecular flexibility index (Phi) is 4.74. The van der Waals surface area contributed by atoms with Crippen molar-refractivity contribution in [2.45, 2.75) is 45.6 Å². The molecule has 120 valence electrons. The number of carbonyl (C=O) groups excluding carboxylic acids is 1. The topological polar surface area (TPSA) is 41.1 Å². The molecule has 0 spiro atoms. The molecular formula is C18H25ClN2O. The third kappa shape index (κ3) is 3.47. The predicted octanol–water partition coefficient (Wildman–Crippen LogP) is 4.00. The average Bonchev–Trinajstić information content (AvgIpc) is 3.10. The molecule has 0 saturated heterocycles. The number of hydrogen-bond acceptors (Lipinski definition) is 2. The molecule has 0 heterocycles. The molecule has 2 aliphatic rings. The van der Waals surface area contributed by atoms with Crippen LogP contribution in [0.2, 0.25) is 5.02 Å². The highest BCUT2D eigenvalue weighted by atomic mass is 35.5. The monoisotopic (exact) mass is 320 g/mol. The number of halogens is 1. The van der Waals surface area contributed by atoms with E-state index in [9.17, 15) is 4.79 Å². The summed E-state index contributed by atoms with van der Waals surface area (Å²) in [4.78, 5) is 12.1. The fourth-order valence-electron chi connectivity index (χ4n) is 4.27. The first-order chi connectivity index (χ1) is 10.5. The van der Waals surface area contributed by atoms with Crippen LogP contribution in [0.1, 0.15) is 38.2 Å². The van der Waals surface area contributed by atoms with Crippen LogP contribution in [0.15, 0.2) is 18.2 Å². The molecule has 3 rings (SSSR count). The molecule has 2 saturated carbocycles. The van der Waals surface area contributed by atoms with Crippen LogP contribution >= 0.6 is 11.6 Å². The number of hydrogen-bond donors (Lipinski definition) is 2. The lowest BCUT2D eigenvalue weighted by molar-refractivity contribution is -0.115. The lowest BCUT2D eigenvalue weighted by Gasteiger charge is -2.28. The molecule has 2 fully saturated rings. The van der Waals surface area contributed by atoms with E-state index in [0.29, 0.717) is 17.6 Å². The molecule has 1 aromatic rings. The Bertz CT molecular complexity index is 560. The SMILES string of the molecule is Cc1cc(Cl)ccc1NC(=O)CN[C@H](C)[C@H]1C[C@H]2CC[C@H]1C2. The molecule has 2 aliphatic carbocycles. The summed E-state index contributed by atoms with van der Waals surface area (Å²) >= 11 is 5.93. The van der Waals surface area contributed by atoms with Crippen LogP contribution in [0.4, 0.5) is 5.69 Å². The van der Waals surface area contributed by atoms with Crippen LogP contribution in [0.5, 0.6) is 0 Å². The Morgan fingerprint density at radius 1 is 1.36 bits per heavy atom. The van der Waals surface area contributed by atoms with E-state index in [1.165, 1.54) is 25.7 Å². The van der Waals surface area contributed by atoms with E-state index in [4.69, 9.17) is 11.6 Å². The van der Waals surface area contributed by atoms with Gasteiger partial charge in [-0.15, -0.1) is 0 Å². The number of nitrogens with one attached hydrogen (secondary N) is 2. The molecule has 4 heteroatoms. The van der Waals surface area contributed by atoms with Crippen molar-refractivity contribution >= 4 is 23.2 Å². The van der Waals surface area contributed by atoms with Gasteiger partial charge in [-0.25, -0.2) is 0 Å². The number of carbonyl (C=O) groups is 1. The second-order valence-electron chi connectivity index (χ2n) is 7.02. The third-order valence-electron chi connectivity index (χ3n) is 5.48. The number of amides is 1. The maximum absolute atomic E-state index is 12.1. The average molecular weight is 321 g/mol. The molecule has 2 N–H and O–H groups in total. The molecule has 1 amide bonds. The highest BCUT2D eigenvalue weighted by molar-refractivity contribution is 6.30. The molecular weight excluding hydrogens is 296 g/mol. The fraction of sp³-hybridized carbons (Fsp3) is 0.611. The van der Waals surface area contributed by atoms with Crippen molar-refractivity contribution in [3.63, 3.8) is 0 Å². The molecule has 4 atom stereocenters. The van der Waals surface area contributed by atoms with Gasteiger partial charge in [0, 0.05) is 16.8 Å². The quantitative estimate of drug-likeness (QED) is 0.861. The standard InChI is InChI=1S/C18H25ClN2O/c1-11-7-15(19)5-6-17(11)21-18(22)10-20-12(2)16-9-13-3-4-14(16)8-13/h5-7,12-14,16,20H,3-4,8-10H2,1-2H3,(H,21,22)/t12-,13+,14+,16-/m1/s1. The molecule has 22 heavy (non-hydrogen) atoms. The van der Waals surface area contributed by atoms with Crippen LogP contribution < -0.4 is 10.6 Å². The van der Waals surface area contributed by atoms with Crippen LogP contribution in [0.25, 0.3) is 0 Å². The van der Waals surface area contributed by atoms with Gasteiger partial charge in [-0.05, 0) is 74.6 Å².